The highest BCUT2D eigenvalue weighted by Gasteiger charge is 2.54. The van der Waals surface area contributed by atoms with Crippen LogP contribution in [0.5, 0.6) is 0 Å². The Balaban J connectivity index is 1.76. The summed E-state index contributed by atoms with van der Waals surface area (Å²) in [6.45, 7) is 1.66. The number of carbonyl (C=O) groups excluding carboxylic acids is 1. The van der Waals surface area contributed by atoms with Crippen molar-refractivity contribution in [1.29, 1.82) is 0 Å². The first-order valence-electron chi connectivity index (χ1n) is 7.70. The summed E-state index contributed by atoms with van der Waals surface area (Å²) >= 11 is 0. The average Bonchev–Trinajstić information content (AvgIpc) is 2.89. The number of fused-ring (bicyclic) bond motifs is 2. The van der Waals surface area contributed by atoms with Crippen molar-refractivity contribution in [2.45, 2.75) is 44.9 Å². The van der Waals surface area contributed by atoms with Crippen LogP contribution in [0.2, 0.25) is 0 Å². The molecule has 19 heavy (non-hydrogen) atoms. The molecule has 1 N–H and O–H groups in total. The van der Waals surface area contributed by atoms with E-state index in [-0.39, 0.29) is 17.7 Å². The molecule has 1 aliphatic heterocycles. The molecule has 3 aliphatic rings. The third-order valence-corrected chi connectivity index (χ3v) is 5.40. The van der Waals surface area contributed by atoms with E-state index in [0.29, 0.717) is 5.92 Å². The number of carbonyl (C=O) groups is 2. The van der Waals surface area contributed by atoms with Gasteiger partial charge in [0.05, 0.1) is 11.8 Å². The summed E-state index contributed by atoms with van der Waals surface area (Å²) in [5.74, 6) is -0.656. The first kappa shape index (κ1) is 12.9. The van der Waals surface area contributed by atoms with Gasteiger partial charge in [-0.25, -0.2) is 0 Å². The van der Waals surface area contributed by atoms with Crippen LogP contribution in [0.15, 0.2) is 0 Å². The first-order valence-corrected chi connectivity index (χ1v) is 7.70. The second-order valence-electron chi connectivity index (χ2n) is 6.46. The number of carboxylic acids is 1. The summed E-state index contributed by atoms with van der Waals surface area (Å²) in [7, 11) is 0. The average molecular weight is 265 g/mol. The van der Waals surface area contributed by atoms with Crippen LogP contribution >= 0.6 is 0 Å². The Bertz CT molecular complexity index is 374. The molecule has 0 aromatic heterocycles. The van der Waals surface area contributed by atoms with Gasteiger partial charge in [-0.05, 0) is 43.9 Å². The Labute approximate surface area is 114 Å². The lowest BCUT2D eigenvalue weighted by Gasteiger charge is -2.32. The maximum atomic E-state index is 12.7. The highest BCUT2D eigenvalue weighted by atomic mass is 16.4. The zero-order valence-corrected chi connectivity index (χ0v) is 11.4. The predicted molar refractivity (Wildman–Crippen MR) is 70.5 cm³/mol. The summed E-state index contributed by atoms with van der Waals surface area (Å²) in [5, 5.41) is 9.44. The van der Waals surface area contributed by atoms with Crippen molar-refractivity contribution in [2.75, 3.05) is 13.1 Å². The first-order chi connectivity index (χ1) is 9.18. The van der Waals surface area contributed by atoms with E-state index in [9.17, 15) is 14.7 Å². The van der Waals surface area contributed by atoms with E-state index in [1.165, 1.54) is 12.8 Å². The van der Waals surface area contributed by atoms with E-state index in [2.05, 4.69) is 0 Å². The molecular formula is C15H23NO3. The number of carboxylic acid groups (broad SMARTS) is 1. The lowest BCUT2D eigenvalue weighted by Crippen LogP contribution is -2.44. The largest absolute Gasteiger partial charge is 0.481 e. The molecule has 2 bridgehead atoms. The van der Waals surface area contributed by atoms with E-state index >= 15 is 0 Å². The Morgan fingerprint density at radius 3 is 2.05 bits per heavy atom. The molecule has 1 saturated heterocycles. The highest BCUT2D eigenvalue weighted by molar-refractivity contribution is 5.86. The van der Waals surface area contributed by atoms with E-state index in [1.807, 2.05) is 4.90 Å². The number of likely N-dealkylation sites (tertiary alicyclic amines) is 1. The Morgan fingerprint density at radius 1 is 0.895 bits per heavy atom. The van der Waals surface area contributed by atoms with Crippen LogP contribution in [-0.4, -0.2) is 35.0 Å². The molecule has 0 aromatic rings. The van der Waals surface area contributed by atoms with Crippen LogP contribution in [0, 0.1) is 23.7 Å². The molecule has 1 amide bonds. The topological polar surface area (TPSA) is 57.6 Å². The van der Waals surface area contributed by atoms with Gasteiger partial charge in [0, 0.05) is 13.1 Å². The number of hydrogen-bond donors (Lipinski definition) is 1. The third-order valence-electron chi connectivity index (χ3n) is 5.40. The number of hydrogen-bond acceptors (Lipinski definition) is 2. The molecule has 4 atom stereocenters. The van der Waals surface area contributed by atoms with Crippen molar-refractivity contribution in [3.05, 3.63) is 0 Å². The highest BCUT2D eigenvalue weighted by Crippen LogP contribution is 2.53. The number of amides is 1. The van der Waals surface area contributed by atoms with Gasteiger partial charge in [-0.3, -0.25) is 9.59 Å². The zero-order chi connectivity index (χ0) is 13.4. The van der Waals surface area contributed by atoms with Gasteiger partial charge in [-0.2, -0.15) is 0 Å². The number of rotatable bonds is 2. The van der Waals surface area contributed by atoms with Gasteiger partial charge in [0.1, 0.15) is 0 Å². The van der Waals surface area contributed by atoms with Crippen molar-refractivity contribution in [3.8, 4) is 0 Å². The maximum absolute atomic E-state index is 12.7. The van der Waals surface area contributed by atoms with Crippen molar-refractivity contribution < 1.29 is 14.7 Å². The minimum Gasteiger partial charge on any atom is -0.481 e. The van der Waals surface area contributed by atoms with Crippen LogP contribution in [0.4, 0.5) is 0 Å². The maximum Gasteiger partial charge on any atom is 0.307 e. The summed E-state index contributed by atoms with van der Waals surface area (Å²) in [6, 6.07) is 0. The minimum absolute atomic E-state index is 0.140. The third kappa shape index (κ3) is 2.26. The van der Waals surface area contributed by atoms with Crippen LogP contribution in [0.3, 0.4) is 0 Å². The predicted octanol–water partition coefficient (Wildman–Crippen LogP) is 2.14. The summed E-state index contributed by atoms with van der Waals surface area (Å²) in [6.07, 6.45) is 7.56. The molecule has 2 saturated carbocycles. The second kappa shape index (κ2) is 5.14. The zero-order valence-electron chi connectivity index (χ0n) is 11.4. The molecule has 3 fully saturated rings. The van der Waals surface area contributed by atoms with Crippen molar-refractivity contribution in [1.82, 2.24) is 4.90 Å². The van der Waals surface area contributed by atoms with Crippen molar-refractivity contribution in [3.63, 3.8) is 0 Å². The summed E-state index contributed by atoms with van der Waals surface area (Å²) in [5.41, 5.74) is 0. The SMILES string of the molecule is O=C(O)[C@@H]1[C@H]2CC[C@@H](C2)[C@@H]1C(=O)N1CCCCCC1. The van der Waals surface area contributed by atoms with Crippen molar-refractivity contribution >= 4 is 11.9 Å². The van der Waals surface area contributed by atoms with E-state index < -0.39 is 11.9 Å². The molecule has 4 nitrogen and oxygen atoms in total. The lowest BCUT2D eigenvalue weighted by atomic mass is 9.78. The smallest absolute Gasteiger partial charge is 0.307 e. The van der Waals surface area contributed by atoms with Gasteiger partial charge < -0.3 is 10.0 Å². The van der Waals surface area contributed by atoms with Crippen LogP contribution < -0.4 is 0 Å². The molecule has 0 spiro atoms. The quantitative estimate of drug-likeness (QED) is 0.832. The molecule has 0 radical (unpaired) electrons. The van der Waals surface area contributed by atoms with Gasteiger partial charge >= 0.3 is 5.97 Å². The van der Waals surface area contributed by atoms with Gasteiger partial charge in [-0.15, -0.1) is 0 Å². The normalized spacial score (nSPS) is 38.2. The Hall–Kier alpha value is -1.06. The Kier molecular flexibility index (Phi) is 3.50. The molecule has 3 rings (SSSR count). The molecule has 4 heteroatoms. The number of aliphatic carboxylic acids is 1. The number of nitrogens with zero attached hydrogens (tertiary/aromatic N) is 1. The lowest BCUT2D eigenvalue weighted by molar-refractivity contribution is -0.152. The Morgan fingerprint density at radius 2 is 1.47 bits per heavy atom. The fraction of sp³-hybridized carbons (Fsp3) is 0.867. The van der Waals surface area contributed by atoms with Crippen LogP contribution in [-0.2, 0) is 9.59 Å². The monoisotopic (exact) mass is 265 g/mol. The van der Waals surface area contributed by atoms with E-state index in [4.69, 9.17) is 0 Å². The summed E-state index contributed by atoms with van der Waals surface area (Å²) < 4.78 is 0. The molecule has 0 aromatic carbocycles. The van der Waals surface area contributed by atoms with Gasteiger partial charge in [0.15, 0.2) is 0 Å². The van der Waals surface area contributed by atoms with E-state index in [0.717, 1.165) is 45.2 Å². The standard InChI is InChI=1S/C15H23NO3/c17-14(16-7-3-1-2-4-8-16)12-10-5-6-11(9-10)13(12)15(18)19/h10-13H,1-9H2,(H,18,19)/t10-,11-,12-,13+/m0/s1. The molecule has 0 unspecified atom stereocenters. The molecule has 2 aliphatic carbocycles. The molecule has 106 valence electrons. The fourth-order valence-corrected chi connectivity index (χ4v) is 4.50. The van der Waals surface area contributed by atoms with Crippen LogP contribution in [0.25, 0.3) is 0 Å². The second-order valence-corrected chi connectivity index (χ2v) is 6.46. The van der Waals surface area contributed by atoms with Gasteiger partial charge in [-0.1, -0.05) is 12.8 Å². The van der Waals surface area contributed by atoms with Gasteiger partial charge in [0.2, 0.25) is 5.91 Å². The molecule has 1 heterocycles. The van der Waals surface area contributed by atoms with E-state index in [1.54, 1.807) is 0 Å². The van der Waals surface area contributed by atoms with Gasteiger partial charge in [0.25, 0.3) is 0 Å². The fourth-order valence-electron chi connectivity index (χ4n) is 4.50. The minimum atomic E-state index is -0.750. The van der Waals surface area contributed by atoms with Crippen molar-refractivity contribution in [2.24, 2.45) is 23.7 Å². The summed E-state index contributed by atoms with van der Waals surface area (Å²) in [4.78, 5) is 26.2. The molecular weight excluding hydrogens is 242 g/mol. The van der Waals surface area contributed by atoms with Crippen LogP contribution in [0.1, 0.15) is 44.9 Å².